The Morgan fingerprint density at radius 2 is 1.52 bits per heavy atom. The van der Waals surface area contributed by atoms with Gasteiger partial charge in [-0.3, -0.25) is 0 Å². The molecule has 0 saturated heterocycles. The molecule has 0 unspecified atom stereocenters. The number of carbonyl (C=O) groups excluding carboxylic acids is 2. The molecule has 0 radical (unpaired) electrons. The summed E-state index contributed by atoms with van der Waals surface area (Å²) >= 11 is 0. The quantitative estimate of drug-likeness (QED) is 0.420. The van der Waals surface area contributed by atoms with Crippen LogP contribution in [0.15, 0.2) is 42.5 Å². The topological polar surface area (TPSA) is 80.3 Å². The van der Waals surface area contributed by atoms with E-state index < -0.39 is 11.9 Å². The van der Waals surface area contributed by atoms with Crippen molar-refractivity contribution in [2.24, 2.45) is 0 Å². The molecule has 0 aliphatic heterocycles. The summed E-state index contributed by atoms with van der Waals surface area (Å²) in [6, 6.07) is 9.59. The van der Waals surface area contributed by atoms with Gasteiger partial charge in [0.2, 0.25) is 0 Å². The highest BCUT2D eigenvalue weighted by Gasteiger charge is 2.13. The Hall–Kier alpha value is -3.48. The van der Waals surface area contributed by atoms with E-state index in [-0.39, 0.29) is 17.1 Å². The molecule has 2 aromatic carbocycles. The van der Waals surface area contributed by atoms with E-state index in [1.807, 2.05) is 0 Å². The fourth-order valence-corrected chi connectivity index (χ4v) is 2.27. The van der Waals surface area contributed by atoms with Crippen LogP contribution in [0.4, 0.5) is 0 Å². The van der Waals surface area contributed by atoms with Gasteiger partial charge in [-0.2, -0.15) is 0 Å². The van der Waals surface area contributed by atoms with Crippen molar-refractivity contribution in [2.45, 2.75) is 0 Å². The summed E-state index contributed by atoms with van der Waals surface area (Å²) in [5.74, 6) is 0.486. The van der Waals surface area contributed by atoms with Gasteiger partial charge in [0, 0.05) is 11.6 Å². The van der Waals surface area contributed by atoms with Crippen molar-refractivity contribution in [3.05, 3.63) is 53.6 Å². The van der Waals surface area contributed by atoms with E-state index in [4.69, 9.17) is 18.9 Å². The van der Waals surface area contributed by atoms with Gasteiger partial charge >= 0.3 is 11.9 Å². The number of hydrogen-bond donors (Lipinski definition) is 0. The van der Waals surface area contributed by atoms with Crippen molar-refractivity contribution in [2.75, 3.05) is 28.4 Å². The van der Waals surface area contributed by atoms with Gasteiger partial charge in [0.05, 0.1) is 34.0 Å². The molecular weight excluding hydrogens is 352 g/mol. The van der Waals surface area contributed by atoms with Gasteiger partial charge in [-0.05, 0) is 42.5 Å². The molecule has 0 aliphatic carbocycles. The fraction of sp³-hybridized carbons (Fsp3) is 0.200. The standard InChI is InChI=1S/C20H20O7/c1-23-15-7-9-16(24-2)13(11-15)6-10-19(21)27-17-8-5-14(20(22)26-4)12-18(17)25-3/h5-12H,1-4H3/b10-6+. The minimum atomic E-state index is -0.621. The van der Waals surface area contributed by atoms with E-state index in [2.05, 4.69) is 4.74 Å². The Bertz CT molecular complexity index is 855. The summed E-state index contributed by atoms with van der Waals surface area (Å²) in [5, 5.41) is 0. The third-order valence-electron chi connectivity index (χ3n) is 3.63. The highest BCUT2D eigenvalue weighted by Crippen LogP contribution is 2.29. The maximum Gasteiger partial charge on any atom is 0.337 e. The Morgan fingerprint density at radius 1 is 0.815 bits per heavy atom. The lowest BCUT2D eigenvalue weighted by Gasteiger charge is -2.09. The van der Waals surface area contributed by atoms with E-state index in [1.165, 1.54) is 45.6 Å². The predicted octanol–water partition coefficient (Wildman–Crippen LogP) is 3.12. The van der Waals surface area contributed by atoms with Gasteiger partial charge in [-0.1, -0.05) is 0 Å². The van der Waals surface area contributed by atoms with Crippen LogP contribution < -0.4 is 18.9 Å². The molecule has 7 heteroatoms. The lowest BCUT2D eigenvalue weighted by molar-refractivity contribution is -0.129. The second kappa shape index (κ2) is 9.28. The summed E-state index contributed by atoms with van der Waals surface area (Å²) in [4.78, 5) is 23.7. The van der Waals surface area contributed by atoms with Crippen molar-refractivity contribution >= 4 is 18.0 Å². The maximum absolute atomic E-state index is 12.2. The molecule has 0 atom stereocenters. The molecule has 7 nitrogen and oxygen atoms in total. The first-order valence-corrected chi connectivity index (χ1v) is 7.90. The van der Waals surface area contributed by atoms with Crippen molar-refractivity contribution in [1.29, 1.82) is 0 Å². The summed E-state index contributed by atoms with van der Waals surface area (Å²) in [6.45, 7) is 0. The van der Waals surface area contributed by atoms with Gasteiger partial charge in [0.1, 0.15) is 11.5 Å². The Kier molecular flexibility index (Phi) is 6.82. The molecule has 0 saturated carbocycles. The molecule has 27 heavy (non-hydrogen) atoms. The first-order valence-electron chi connectivity index (χ1n) is 7.90. The molecule has 0 amide bonds. The molecule has 0 N–H and O–H groups in total. The van der Waals surface area contributed by atoms with E-state index in [1.54, 1.807) is 31.4 Å². The van der Waals surface area contributed by atoms with E-state index in [0.29, 0.717) is 17.1 Å². The van der Waals surface area contributed by atoms with E-state index in [9.17, 15) is 9.59 Å². The van der Waals surface area contributed by atoms with Crippen LogP contribution in [-0.4, -0.2) is 40.4 Å². The molecular formula is C20H20O7. The maximum atomic E-state index is 12.2. The van der Waals surface area contributed by atoms with Gasteiger partial charge < -0.3 is 23.7 Å². The normalized spacial score (nSPS) is 10.4. The zero-order chi connectivity index (χ0) is 19.8. The summed E-state index contributed by atoms with van der Waals surface area (Å²) in [7, 11) is 5.77. The lowest BCUT2D eigenvalue weighted by Crippen LogP contribution is -2.07. The molecule has 0 spiro atoms. The first kappa shape index (κ1) is 19.8. The second-order valence-electron chi connectivity index (χ2n) is 5.22. The largest absolute Gasteiger partial charge is 0.497 e. The predicted molar refractivity (Wildman–Crippen MR) is 98.5 cm³/mol. The number of ether oxygens (including phenoxy) is 5. The molecule has 2 aromatic rings. The minimum Gasteiger partial charge on any atom is -0.497 e. The smallest absolute Gasteiger partial charge is 0.337 e. The van der Waals surface area contributed by atoms with Crippen molar-refractivity contribution in [1.82, 2.24) is 0 Å². The average Bonchev–Trinajstić information content (AvgIpc) is 2.71. The van der Waals surface area contributed by atoms with E-state index >= 15 is 0 Å². The number of methoxy groups -OCH3 is 4. The van der Waals surface area contributed by atoms with Crippen LogP contribution >= 0.6 is 0 Å². The van der Waals surface area contributed by atoms with Crippen LogP contribution in [0.3, 0.4) is 0 Å². The molecule has 0 heterocycles. The lowest BCUT2D eigenvalue weighted by atomic mass is 10.1. The second-order valence-corrected chi connectivity index (χ2v) is 5.22. The Labute approximate surface area is 157 Å². The molecule has 0 bridgehead atoms. The molecule has 0 fully saturated rings. The van der Waals surface area contributed by atoms with Crippen LogP contribution in [-0.2, 0) is 9.53 Å². The zero-order valence-corrected chi connectivity index (χ0v) is 15.5. The third kappa shape index (κ3) is 5.01. The van der Waals surface area contributed by atoms with Gasteiger partial charge in [-0.25, -0.2) is 9.59 Å². The summed E-state index contributed by atoms with van der Waals surface area (Å²) < 4.78 is 25.5. The van der Waals surface area contributed by atoms with Crippen LogP contribution in [0.5, 0.6) is 23.0 Å². The third-order valence-corrected chi connectivity index (χ3v) is 3.63. The SMILES string of the molecule is COC(=O)c1ccc(OC(=O)/C=C/c2cc(OC)ccc2OC)c(OC)c1. The van der Waals surface area contributed by atoms with Crippen LogP contribution in [0.25, 0.3) is 6.08 Å². The minimum absolute atomic E-state index is 0.178. The Balaban J connectivity index is 2.18. The highest BCUT2D eigenvalue weighted by molar-refractivity contribution is 5.91. The summed E-state index contributed by atoms with van der Waals surface area (Å²) in [6.07, 6.45) is 2.81. The summed E-state index contributed by atoms with van der Waals surface area (Å²) in [5.41, 5.74) is 0.938. The van der Waals surface area contributed by atoms with Gasteiger partial charge in [0.25, 0.3) is 0 Å². The Morgan fingerprint density at radius 3 is 2.15 bits per heavy atom. The van der Waals surface area contributed by atoms with E-state index in [0.717, 1.165) is 0 Å². The van der Waals surface area contributed by atoms with Crippen LogP contribution in [0, 0.1) is 0 Å². The van der Waals surface area contributed by atoms with Crippen LogP contribution in [0.2, 0.25) is 0 Å². The molecule has 0 aromatic heterocycles. The fourth-order valence-electron chi connectivity index (χ4n) is 2.27. The number of carbonyl (C=O) groups is 2. The number of esters is 2. The number of hydrogen-bond acceptors (Lipinski definition) is 7. The average molecular weight is 372 g/mol. The van der Waals surface area contributed by atoms with Crippen LogP contribution in [0.1, 0.15) is 15.9 Å². The van der Waals surface area contributed by atoms with Crippen molar-refractivity contribution in [3.8, 4) is 23.0 Å². The first-order chi connectivity index (χ1) is 13.0. The van der Waals surface area contributed by atoms with Gasteiger partial charge in [0.15, 0.2) is 11.5 Å². The highest BCUT2D eigenvalue weighted by atomic mass is 16.6. The molecule has 0 aliphatic rings. The van der Waals surface area contributed by atoms with Crippen molar-refractivity contribution in [3.63, 3.8) is 0 Å². The molecule has 2 rings (SSSR count). The zero-order valence-electron chi connectivity index (χ0n) is 15.5. The van der Waals surface area contributed by atoms with Crippen molar-refractivity contribution < 1.29 is 33.3 Å². The van der Waals surface area contributed by atoms with Gasteiger partial charge in [-0.15, -0.1) is 0 Å². The monoisotopic (exact) mass is 372 g/mol. The number of rotatable bonds is 7. The number of benzene rings is 2. The molecule has 142 valence electrons.